The predicted molar refractivity (Wildman–Crippen MR) is 473 cm³/mol. The Kier molecular flexibility index (Phi) is 115. The minimum atomic E-state index is -3.21. The second kappa shape index (κ2) is 75.9. The Morgan fingerprint density at radius 2 is 0.581 bits per heavy atom. The first-order chi connectivity index (χ1) is 39.8. The van der Waals surface area contributed by atoms with Crippen LogP contribution in [0.5, 0.6) is 5.75 Å². The van der Waals surface area contributed by atoms with E-state index in [1.54, 1.807) is 122 Å². The second-order valence-electron chi connectivity index (χ2n) is 18.4. The molecule has 650 valence electrons. The van der Waals surface area contributed by atoms with Crippen LogP contribution in [0.4, 0.5) is 0 Å². The van der Waals surface area contributed by atoms with Crippen molar-refractivity contribution in [3.05, 3.63) is 103 Å². The number of rotatable bonds is 37. The number of hydrogen-bond donors (Lipinski definition) is 1. The average Bonchev–Trinajstić information content (AvgIpc) is 0.813. The molecule has 0 aromatic heterocycles. The molecule has 1 N–H and O–H groups in total. The van der Waals surface area contributed by atoms with E-state index in [-0.39, 0.29) is 167 Å². The summed E-state index contributed by atoms with van der Waals surface area (Å²) in [7, 11) is -3.14. The molecule has 36 heteroatoms. The molecule has 105 heavy (non-hydrogen) atoms. The summed E-state index contributed by atoms with van der Waals surface area (Å²) in [5.41, 5.74) is 1.34. The summed E-state index contributed by atoms with van der Waals surface area (Å²) in [4.78, 5) is 11.5. The first-order valence-electron chi connectivity index (χ1n) is 26.1. The summed E-state index contributed by atoms with van der Waals surface area (Å²) in [6, 6.07) is 27.1. The lowest BCUT2D eigenvalue weighted by Gasteiger charge is -2.37. The van der Waals surface area contributed by atoms with E-state index in [2.05, 4.69) is 6.58 Å². The lowest BCUT2D eigenvalue weighted by atomic mass is 10.2. The Labute approximate surface area is 664 Å². The van der Waals surface area contributed by atoms with Crippen molar-refractivity contribution >= 4 is 104 Å². The number of carbonyl (C=O) groups excluding carboxylic acids is 1. The zero-order chi connectivity index (χ0) is 65.5. The van der Waals surface area contributed by atoms with E-state index in [0.29, 0.717) is 11.6 Å². The molecule has 3 aromatic rings. The first-order valence-corrected chi connectivity index (χ1v) is 47.3. The van der Waals surface area contributed by atoms with Crippen LogP contribution in [0, 0.1) is 0 Å². The maximum atomic E-state index is 11.5. The lowest BCUT2D eigenvalue weighted by Crippen LogP contribution is -2.65. The molecule has 3 rings (SSSR count). The van der Waals surface area contributed by atoms with Gasteiger partial charge in [-0.1, -0.05) is 228 Å². The van der Waals surface area contributed by atoms with Crippen molar-refractivity contribution in [2.75, 3.05) is 127 Å². The minimum absolute atomic E-state index is 0. The zero-order valence-electron chi connectivity index (χ0n) is 54.6. The molecule has 26 nitrogen and oxygen atoms in total. The molecule has 0 aliphatic rings. The fourth-order valence-corrected chi connectivity index (χ4v) is 35.7. The molecular weight excluding hydrogens is 1530 g/mol. The number of phenols is 1. The van der Waals surface area contributed by atoms with Crippen LogP contribution in [0.2, 0.25) is 51.9 Å². The maximum Gasteiger partial charge on any atom is 0.529 e. The fraction of sp³-hybridized carbons (Fsp3) is 0.696. The van der Waals surface area contributed by atoms with E-state index < -0.39 is 93.8 Å². The first kappa shape index (κ1) is 159. The molecule has 0 bridgehead atoms. The summed E-state index contributed by atoms with van der Waals surface area (Å²) in [5, 5.41) is 11.2. The molecule has 0 amide bonds. The van der Waals surface area contributed by atoms with Gasteiger partial charge in [-0.05, 0) is 31.2 Å². The van der Waals surface area contributed by atoms with Crippen LogP contribution in [0.3, 0.4) is 0 Å². The lowest BCUT2D eigenvalue weighted by molar-refractivity contribution is -0.138. The van der Waals surface area contributed by atoms with Crippen molar-refractivity contribution in [3.63, 3.8) is 0 Å². The number of benzene rings is 3. The van der Waals surface area contributed by atoms with Crippen molar-refractivity contribution in [3.8, 4) is 5.75 Å². The van der Waals surface area contributed by atoms with Crippen LogP contribution in [0.1, 0.15) is 161 Å². The predicted octanol–water partition coefficient (Wildman–Crippen LogP) is 18.5. The highest BCUT2D eigenvalue weighted by Crippen LogP contribution is 2.27. The molecule has 0 spiro atoms. The van der Waals surface area contributed by atoms with Crippen LogP contribution < -0.4 is 10.4 Å². The number of carbonyl (C=O) groups is 1. The third kappa shape index (κ3) is 52.7. The van der Waals surface area contributed by atoms with Gasteiger partial charge in [0.2, 0.25) is 0 Å². The molecule has 0 radical (unpaired) electrons. The largest absolute Gasteiger partial charge is 0.529 e. The van der Waals surface area contributed by atoms with E-state index in [1.807, 2.05) is 79.3 Å². The SMILES string of the molecule is C.C.C.C.C.C.C.C.C.C.C.C.C.C.C.C.C.C.C.C.C=C(C)C(=O)OCC[Si](OC)(OC)O[Si](C)(OC)O[Si](C)(OC)OC.CO[Si](C)(Cc1ccc(O)cc1)O[Si](OC)(OC)c1ccccc1.CO[Si](C)(OC)O[Si](C)(OC)OC.CO[Si](C)(OC)O[Si](C)(OC)O[Si](OC)(OC)c1ccccc1. The van der Waals surface area contributed by atoms with E-state index in [0.717, 1.165) is 15.9 Å². The third-order valence-corrected chi connectivity index (χ3v) is 45.3. The van der Waals surface area contributed by atoms with Gasteiger partial charge in [0.15, 0.2) is 0 Å². The highest BCUT2D eigenvalue weighted by Gasteiger charge is 2.57. The van der Waals surface area contributed by atoms with E-state index in [4.69, 9.17) is 105 Å². The van der Waals surface area contributed by atoms with Crippen molar-refractivity contribution < 1.29 is 115 Å². The highest BCUT2D eigenvalue weighted by atomic mass is 28.5. The highest BCUT2D eigenvalue weighted by molar-refractivity contribution is 6.86. The monoisotopic (exact) mass is 1700 g/mol. The number of esters is 1. The number of ether oxygens (including phenoxy) is 1. The molecule has 3 aromatic carbocycles. The van der Waals surface area contributed by atoms with Crippen molar-refractivity contribution in [1.29, 1.82) is 0 Å². The number of phenolic OH excluding ortho intramolecular Hbond substituents is 1. The number of aromatic hydroxyl groups is 1. The van der Waals surface area contributed by atoms with Crippen molar-refractivity contribution in [2.24, 2.45) is 0 Å². The smallest absolute Gasteiger partial charge is 0.508 e. The Morgan fingerprint density at radius 1 is 0.324 bits per heavy atom. The maximum absolute atomic E-state index is 11.5. The van der Waals surface area contributed by atoms with Gasteiger partial charge in [0, 0.05) is 182 Å². The van der Waals surface area contributed by atoms with E-state index >= 15 is 0 Å². The minimum Gasteiger partial charge on any atom is -0.508 e. The summed E-state index contributed by atoms with van der Waals surface area (Å²) in [6.45, 7) is 17.7. The Bertz CT molecular complexity index is 2280. The summed E-state index contributed by atoms with van der Waals surface area (Å²) < 4.78 is 134. The zero-order valence-corrected chi connectivity index (χ0v) is 64.6. The van der Waals surface area contributed by atoms with Crippen molar-refractivity contribution in [1.82, 2.24) is 0 Å². The van der Waals surface area contributed by atoms with Gasteiger partial charge in [-0.25, -0.2) is 4.79 Å². The van der Waals surface area contributed by atoms with Gasteiger partial charge in [-0.15, -0.1) is 0 Å². The van der Waals surface area contributed by atoms with Gasteiger partial charge in [0.05, 0.1) is 12.7 Å². The summed E-state index contributed by atoms with van der Waals surface area (Å²) >= 11 is 0. The van der Waals surface area contributed by atoms with Gasteiger partial charge < -0.3 is 110 Å². The molecule has 0 heterocycles. The average molecular weight is 1710 g/mol. The van der Waals surface area contributed by atoms with E-state index in [1.165, 1.54) is 56.9 Å². The standard InChI is InChI=1S/C17H24O5Si2.C13H30O9Si3.C13H26O7Si3.C6H18O5Si2.20CH4/c1-19-23(4,14-15-10-12-16(18)13-11-15)22-24(20-2,21-3)17-8-6-5-7-9-17;1-12(2)13(14)20-10-11-25(18-6,19-7)22-24(9,17-5)21-23(8,15-3)16-4;1-14-21(6,15-2)19-22(7,16-3)20-23(17-4,18-5)13-11-9-8-10-12-13;1-7-12(5,8-2)11-13(6,9-3)10-4;;;;;;;;;;;;;;;;;;;;/h5-13,18H,14H2,1-4H3;1,10-11H2,2-9H3;8-12H,1-7H3;1-6H3;20*1H4. The van der Waals surface area contributed by atoms with Crippen LogP contribution >= 0.6 is 0 Å². The molecule has 0 fully saturated rings. The molecule has 3 unspecified atom stereocenters. The number of hydrogen-bond acceptors (Lipinski definition) is 26. The Hall–Kier alpha value is -2.08. The van der Waals surface area contributed by atoms with Crippen LogP contribution in [-0.2, 0) is 116 Å². The normalized spacial score (nSPS) is 11.9. The Morgan fingerprint density at radius 3 is 0.819 bits per heavy atom. The Balaban J connectivity index is -0.0000000451. The third-order valence-electron chi connectivity index (χ3n) is 12.7. The molecule has 0 saturated carbocycles. The summed E-state index contributed by atoms with van der Waals surface area (Å²) in [6.07, 6.45) is 0. The molecule has 0 aliphatic heterocycles. The molecule has 0 aliphatic carbocycles. The van der Waals surface area contributed by atoms with Gasteiger partial charge in [0.25, 0.3) is 0 Å². The fourth-order valence-electron chi connectivity index (χ4n) is 6.85. The van der Waals surface area contributed by atoms with Gasteiger partial charge in [-0.2, -0.15) is 0 Å². The van der Waals surface area contributed by atoms with Crippen molar-refractivity contribution in [2.45, 2.75) is 213 Å². The van der Waals surface area contributed by atoms with E-state index in [9.17, 15) is 9.90 Å². The van der Waals surface area contributed by atoms with Gasteiger partial charge in [0.1, 0.15) is 5.75 Å². The van der Waals surface area contributed by atoms with Crippen LogP contribution in [0.15, 0.2) is 97.1 Å². The molecular formula is C69H178O26Si10. The summed E-state index contributed by atoms with van der Waals surface area (Å²) in [5.74, 6) is -0.251. The molecule has 3 atom stereocenters. The quantitative estimate of drug-likeness (QED) is 0.0319. The van der Waals surface area contributed by atoms with Gasteiger partial charge >= 0.3 is 93.8 Å². The second-order valence-corrected chi connectivity index (χ2v) is 48.5. The van der Waals surface area contributed by atoms with Crippen LogP contribution in [-0.4, -0.2) is 226 Å². The van der Waals surface area contributed by atoms with Gasteiger partial charge in [-0.3, -0.25) is 0 Å². The van der Waals surface area contributed by atoms with Crippen LogP contribution in [0.25, 0.3) is 0 Å². The topological polar surface area (TPSA) is 259 Å². The molecule has 0 saturated heterocycles.